The predicted octanol–water partition coefficient (Wildman–Crippen LogP) is -0.781. The molecule has 1 unspecified atom stereocenters. The second-order valence-corrected chi connectivity index (χ2v) is 4.66. The second-order valence-electron chi connectivity index (χ2n) is 4.66. The maximum atomic E-state index is 12.4. The van der Waals surface area contributed by atoms with Crippen LogP contribution in [0.2, 0.25) is 0 Å². The van der Waals surface area contributed by atoms with Crippen molar-refractivity contribution in [1.29, 1.82) is 0 Å². The van der Waals surface area contributed by atoms with Gasteiger partial charge in [0.2, 0.25) is 11.8 Å². The SMILES string of the molecule is O=C(C(CCO)N1CCCC1=O)N1CCOCC1. The molecule has 2 aliphatic heterocycles. The molecular weight excluding hydrogens is 236 g/mol. The topological polar surface area (TPSA) is 70.1 Å². The lowest BCUT2D eigenvalue weighted by Crippen LogP contribution is -2.52. The molecule has 0 aromatic carbocycles. The minimum absolute atomic E-state index is 0.0232. The molecular formula is C12H20N2O4. The highest BCUT2D eigenvalue weighted by molar-refractivity contribution is 5.88. The number of carbonyl (C=O) groups is 2. The van der Waals surface area contributed by atoms with Gasteiger partial charge in [-0.25, -0.2) is 0 Å². The van der Waals surface area contributed by atoms with Gasteiger partial charge in [0.05, 0.1) is 13.2 Å². The lowest BCUT2D eigenvalue weighted by atomic mass is 10.1. The highest BCUT2D eigenvalue weighted by Crippen LogP contribution is 2.18. The monoisotopic (exact) mass is 256 g/mol. The van der Waals surface area contributed by atoms with Crippen molar-refractivity contribution in [3.63, 3.8) is 0 Å². The predicted molar refractivity (Wildman–Crippen MR) is 63.8 cm³/mol. The third kappa shape index (κ3) is 2.81. The number of nitrogens with zero attached hydrogens (tertiary/aromatic N) is 2. The number of hydrogen-bond donors (Lipinski definition) is 1. The maximum absolute atomic E-state index is 12.4. The van der Waals surface area contributed by atoms with Gasteiger partial charge in [-0.1, -0.05) is 0 Å². The van der Waals surface area contributed by atoms with Crippen molar-refractivity contribution in [2.45, 2.75) is 25.3 Å². The van der Waals surface area contributed by atoms with E-state index in [0.29, 0.717) is 45.7 Å². The summed E-state index contributed by atoms with van der Waals surface area (Å²) in [7, 11) is 0. The summed E-state index contributed by atoms with van der Waals surface area (Å²) in [5.41, 5.74) is 0. The standard InChI is InChI=1S/C12H20N2O4/c15-7-3-10(14-4-1-2-11(14)16)12(17)13-5-8-18-9-6-13/h10,15H,1-9H2. The third-order valence-electron chi connectivity index (χ3n) is 3.50. The molecule has 6 nitrogen and oxygen atoms in total. The van der Waals surface area contributed by atoms with Crippen LogP contribution < -0.4 is 0 Å². The number of morpholine rings is 1. The molecule has 2 fully saturated rings. The normalized spacial score (nSPS) is 22.4. The zero-order chi connectivity index (χ0) is 13.0. The molecule has 0 aromatic heterocycles. The molecule has 0 aromatic rings. The van der Waals surface area contributed by atoms with Crippen molar-refractivity contribution in [3.05, 3.63) is 0 Å². The van der Waals surface area contributed by atoms with E-state index in [1.54, 1.807) is 9.80 Å². The third-order valence-corrected chi connectivity index (χ3v) is 3.50. The smallest absolute Gasteiger partial charge is 0.245 e. The number of hydrogen-bond acceptors (Lipinski definition) is 4. The van der Waals surface area contributed by atoms with E-state index in [9.17, 15) is 9.59 Å². The van der Waals surface area contributed by atoms with Crippen molar-refractivity contribution in [1.82, 2.24) is 9.80 Å². The van der Waals surface area contributed by atoms with Crippen LogP contribution in [0, 0.1) is 0 Å². The van der Waals surface area contributed by atoms with Crippen LogP contribution in [0.15, 0.2) is 0 Å². The Hall–Kier alpha value is -1.14. The summed E-state index contributed by atoms with van der Waals surface area (Å²) in [6.45, 7) is 2.78. The summed E-state index contributed by atoms with van der Waals surface area (Å²) in [6.07, 6.45) is 1.64. The number of amides is 2. The fraction of sp³-hybridized carbons (Fsp3) is 0.833. The molecule has 0 aliphatic carbocycles. The van der Waals surface area contributed by atoms with Gasteiger partial charge >= 0.3 is 0 Å². The van der Waals surface area contributed by atoms with Crippen LogP contribution in [0.25, 0.3) is 0 Å². The van der Waals surface area contributed by atoms with Crippen LogP contribution >= 0.6 is 0 Å². The molecule has 0 radical (unpaired) electrons. The largest absolute Gasteiger partial charge is 0.396 e. The Morgan fingerprint density at radius 1 is 1.33 bits per heavy atom. The van der Waals surface area contributed by atoms with E-state index in [2.05, 4.69) is 0 Å². The molecule has 6 heteroatoms. The van der Waals surface area contributed by atoms with Crippen LogP contribution in [0.3, 0.4) is 0 Å². The molecule has 2 rings (SSSR count). The van der Waals surface area contributed by atoms with E-state index in [1.165, 1.54) is 0 Å². The molecule has 2 aliphatic rings. The quantitative estimate of drug-likeness (QED) is 0.716. The number of carbonyl (C=O) groups excluding carboxylic acids is 2. The van der Waals surface area contributed by atoms with Crippen molar-refractivity contribution in [3.8, 4) is 0 Å². The highest BCUT2D eigenvalue weighted by atomic mass is 16.5. The zero-order valence-electron chi connectivity index (χ0n) is 10.5. The first-order chi connectivity index (χ1) is 8.74. The zero-order valence-corrected chi connectivity index (χ0v) is 10.5. The second kappa shape index (κ2) is 6.15. The minimum atomic E-state index is -0.497. The van der Waals surface area contributed by atoms with Crippen LogP contribution in [-0.2, 0) is 14.3 Å². The molecule has 2 heterocycles. The van der Waals surface area contributed by atoms with Gasteiger partial charge in [0.15, 0.2) is 0 Å². The fourth-order valence-corrected chi connectivity index (χ4v) is 2.53. The maximum Gasteiger partial charge on any atom is 0.245 e. The average Bonchev–Trinajstić information content (AvgIpc) is 2.82. The molecule has 1 atom stereocenters. The number of likely N-dealkylation sites (tertiary alicyclic amines) is 1. The van der Waals surface area contributed by atoms with Crippen LogP contribution in [0.4, 0.5) is 0 Å². The lowest BCUT2D eigenvalue weighted by molar-refractivity contribution is -0.147. The Bertz CT molecular complexity index is 315. The Kier molecular flexibility index (Phi) is 4.54. The van der Waals surface area contributed by atoms with Gasteiger partial charge < -0.3 is 19.6 Å². The summed E-state index contributed by atoms with van der Waals surface area (Å²) in [5.74, 6) is -0.0299. The Balaban J connectivity index is 2.03. The summed E-state index contributed by atoms with van der Waals surface area (Å²) >= 11 is 0. The van der Waals surface area contributed by atoms with E-state index in [1.807, 2.05) is 0 Å². The summed E-state index contributed by atoms with van der Waals surface area (Å²) in [5, 5.41) is 9.10. The fourth-order valence-electron chi connectivity index (χ4n) is 2.53. The molecule has 2 saturated heterocycles. The first-order valence-electron chi connectivity index (χ1n) is 6.51. The minimum Gasteiger partial charge on any atom is -0.396 e. The van der Waals surface area contributed by atoms with Crippen LogP contribution in [0.1, 0.15) is 19.3 Å². The van der Waals surface area contributed by atoms with E-state index in [0.717, 1.165) is 6.42 Å². The number of aliphatic hydroxyl groups excluding tert-OH is 1. The Labute approximate surface area is 106 Å². The van der Waals surface area contributed by atoms with E-state index < -0.39 is 6.04 Å². The highest BCUT2D eigenvalue weighted by Gasteiger charge is 2.35. The van der Waals surface area contributed by atoms with Crippen molar-refractivity contribution in [2.75, 3.05) is 39.5 Å². The molecule has 1 N–H and O–H groups in total. The average molecular weight is 256 g/mol. The van der Waals surface area contributed by atoms with E-state index in [-0.39, 0.29) is 18.4 Å². The molecule has 0 bridgehead atoms. The first-order valence-corrected chi connectivity index (χ1v) is 6.51. The Morgan fingerprint density at radius 2 is 2.06 bits per heavy atom. The number of ether oxygens (including phenoxy) is 1. The molecule has 2 amide bonds. The first kappa shape index (κ1) is 13.3. The van der Waals surface area contributed by atoms with Gasteiger partial charge in [-0.05, 0) is 12.8 Å². The van der Waals surface area contributed by atoms with Crippen LogP contribution in [0.5, 0.6) is 0 Å². The van der Waals surface area contributed by atoms with E-state index >= 15 is 0 Å². The van der Waals surface area contributed by atoms with Gasteiger partial charge in [0, 0.05) is 32.7 Å². The summed E-state index contributed by atoms with van der Waals surface area (Å²) < 4.78 is 5.21. The molecule has 102 valence electrons. The van der Waals surface area contributed by atoms with Gasteiger partial charge in [-0.2, -0.15) is 0 Å². The Morgan fingerprint density at radius 3 is 2.61 bits per heavy atom. The molecule has 0 spiro atoms. The van der Waals surface area contributed by atoms with Crippen molar-refractivity contribution >= 4 is 11.8 Å². The van der Waals surface area contributed by atoms with Gasteiger partial charge in [-0.3, -0.25) is 9.59 Å². The van der Waals surface area contributed by atoms with Crippen LogP contribution in [-0.4, -0.2) is 72.2 Å². The number of rotatable bonds is 4. The lowest BCUT2D eigenvalue weighted by Gasteiger charge is -2.34. The van der Waals surface area contributed by atoms with Gasteiger partial charge in [-0.15, -0.1) is 0 Å². The summed E-state index contributed by atoms with van der Waals surface area (Å²) in [6, 6.07) is -0.497. The van der Waals surface area contributed by atoms with Crippen molar-refractivity contribution < 1.29 is 19.4 Å². The molecule has 0 saturated carbocycles. The van der Waals surface area contributed by atoms with Gasteiger partial charge in [0.25, 0.3) is 0 Å². The number of aliphatic hydroxyl groups is 1. The molecule has 18 heavy (non-hydrogen) atoms. The van der Waals surface area contributed by atoms with E-state index in [4.69, 9.17) is 9.84 Å². The summed E-state index contributed by atoms with van der Waals surface area (Å²) in [4.78, 5) is 27.5. The van der Waals surface area contributed by atoms with Gasteiger partial charge in [0.1, 0.15) is 6.04 Å². The van der Waals surface area contributed by atoms with Crippen molar-refractivity contribution in [2.24, 2.45) is 0 Å².